The van der Waals surface area contributed by atoms with Gasteiger partial charge in [-0.3, -0.25) is 4.68 Å². The minimum atomic E-state index is 0.463. The lowest BCUT2D eigenvalue weighted by Gasteiger charge is -2.36. The maximum Gasteiger partial charge on any atom is 0.228 e. The van der Waals surface area contributed by atoms with Crippen LogP contribution < -0.4 is 10.2 Å². The largest absolute Gasteiger partial charge is 0.368 e. The first-order valence-corrected chi connectivity index (χ1v) is 12.5. The molecule has 0 unspecified atom stereocenters. The van der Waals surface area contributed by atoms with Gasteiger partial charge in [-0.2, -0.15) is 5.10 Å². The first-order chi connectivity index (χ1) is 16.7. The van der Waals surface area contributed by atoms with E-state index in [-0.39, 0.29) is 0 Å². The van der Waals surface area contributed by atoms with Gasteiger partial charge in [0, 0.05) is 43.1 Å². The van der Waals surface area contributed by atoms with Gasteiger partial charge in [0.2, 0.25) is 5.95 Å². The van der Waals surface area contributed by atoms with Crippen LogP contribution in [0.15, 0.2) is 36.8 Å². The summed E-state index contributed by atoms with van der Waals surface area (Å²) in [5.74, 6) is 1.33. The molecule has 4 aromatic rings. The summed E-state index contributed by atoms with van der Waals surface area (Å²) in [5, 5.41) is 10.2. The van der Waals surface area contributed by atoms with Crippen LogP contribution in [0.5, 0.6) is 0 Å². The Hall–Kier alpha value is -3.26. The fourth-order valence-corrected chi connectivity index (χ4v) is 5.48. The molecule has 34 heavy (non-hydrogen) atoms. The van der Waals surface area contributed by atoms with Crippen molar-refractivity contribution in [3.63, 3.8) is 0 Å². The highest BCUT2D eigenvalue weighted by Gasteiger charge is 2.21. The summed E-state index contributed by atoms with van der Waals surface area (Å²) in [6.45, 7) is 9.79. The number of nitrogens with one attached hydrogen (secondary N) is 1. The highest BCUT2D eigenvalue weighted by atomic mass is 15.3. The lowest BCUT2D eigenvalue weighted by Crippen LogP contribution is -2.46. The van der Waals surface area contributed by atoms with Crippen LogP contribution in [0.1, 0.15) is 44.2 Å². The van der Waals surface area contributed by atoms with Crippen molar-refractivity contribution in [2.45, 2.75) is 45.6 Å². The summed E-state index contributed by atoms with van der Waals surface area (Å²) in [7, 11) is 0. The summed E-state index contributed by atoms with van der Waals surface area (Å²) in [6.07, 6.45) is 10.8. The van der Waals surface area contributed by atoms with Crippen LogP contribution >= 0.6 is 0 Å². The van der Waals surface area contributed by atoms with E-state index >= 15 is 0 Å². The van der Waals surface area contributed by atoms with Crippen molar-refractivity contribution in [1.82, 2.24) is 29.6 Å². The Morgan fingerprint density at radius 1 is 0.971 bits per heavy atom. The molecule has 1 N–H and O–H groups in total. The molecule has 2 fully saturated rings. The van der Waals surface area contributed by atoms with Crippen LogP contribution in [-0.2, 0) is 0 Å². The summed E-state index contributed by atoms with van der Waals surface area (Å²) in [4.78, 5) is 19.1. The number of rotatable bonds is 5. The molecule has 0 bridgehead atoms. The molecule has 0 spiro atoms. The molecule has 0 atom stereocenters. The Labute approximate surface area is 200 Å². The summed E-state index contributed by atoms with van der Waals surface area (Å²) >= 11 is 0. The van der Waals surface area contributed by atoms with Crippen molar-refractivity contribution in [2.75, 3.05) is 42.9 Å². The lowest BCUT2D eigenvalue weighted by atomic mass is 10.1. The zero-order valence-electron chi connectivity index (χ0n) is 20.0. The third-order valence-corrected chi connectivity index (χ3v) is 7.46. The third-order valence-electron chi connectivity index (χ3n) is 7.46. The predicted molar refractivity (Wildman–Crippen MR) is 137 cm³/mol. The highest BCUT2D eigenvalue weighted by molar-refractivity contribution is 6.03. The molecule has 2 aliphatic rings. The van der Waals surface area contributed by atoms with Gasteiger partial charge in [0.25, 0.3) is 0 Å². The molecule has 176 valence electrons. The molecular formula is C26H32N8. The van der Waals surface area contributed by atoms with Gasteiger partial charge in [-0.05, 0) is 37.9 Å². The maximum atomic E-state index is 4.92. The van der Waals surface area contributed by atoms with Crippen LogP contribution in [-0.4, -0.2) is 62.4 Å². The van der Waals surface area contributed by atoms with Gasteiger partial charge in [-0.1, -0.05) is 31.9 Å². The highest BCUT2D eigenvalue weighted by Crippen LogP contribution is 2.34. The second kappa shape index (κ2) is 8.83. The molecule has 8 nitrogen and oxygen atoms in total. The second-order valence-electron chi connectivity index (χ2n) is 9.56. The molecule has 1 aliphatic carbocycles. The molecule has 1 saturated carbocycles. The quantitative estimate of drug-likeness (QED) is 0.467. The number of hydrogen-bond donors (Lipinski definition) is 1. The van der Waals surface area contributed by atoms with Gasteiger partial charge in [0.1, 0.15) is 11.3 Å². The lowest BCUT2D eigenvalue weighted by molar-refractivity contribution is 0.271. The zero-order chi connectivity index (χ0) is 23.1. The predicted octanol–water partition coefficient (Wildman–Crippen LogP) is 4.68. The second-order valence-corrected chi connectivity index (χ2v) is 9.56. The molecule has 4 heterocycles. The van der Waals surface area contributed by atoms with Crippen molar-refractivity contribution in [1.29, 1.82) is 0 Å². The molecule has 1 saturated heterocycles. The van der Waals surface area contributed by atoms with E-state index in [1.807, 2.05) is 18.6 Å². The number of anilines is 3. The number of pyridine rings is 1. The van der Waals surface area contributed by atoms with Crippen molar-refractivity contribution >= 4 is 39.3 Å². The van der Waals surface area contributed by atoms with E-state index in [0.29, 0.717) is 12.0 Å². The number of piperazine rings is 1. The Bertz CT molecular complexity index is 1320. The van der Waals surface area contributed by atoms with Crippen LogP contribution in [0, 0.1) is 6.92 Å². The monoisotopic (exact) mass is 456 g/mol. The van der Waals surface area contributed by atoms with E-state index < -0.39 is 0 Å². The van der Waals surface area contributed by atoms with Gasteiger partial charge in [0.15, 0.2) is 0 Å². The third kappa shape index (κ3) is 3.86. The van der Waals surface area contributed by atoms with Gasteiger partial charge < -0.3 is 15.1 Å². The van der Waals surface area contributed by atoms with Crippen LogP contribution in [0.2, 0.25) is 0 Å². The van der Waals surface area contributed by atoms with E-state index in [2.05, 4.69) is 56.8 Å². The molecule has 1 aromatic carbocycles. The van der Waals surface area contributed by atoms with Gasteiger partial charge in [0.05, 0.1) is 29.6 Å². The smallest absolute Gasteiger partial charge is 0.228 e. The summed E-state index contributed by atoms with van der Waals surface area (Å²) < 4.78 is 2.19. The fraction of sp³-hybridized carbons (Fsp3) is 0.462. The van der Waals surface area contributed by atoms with Crippen molar-refractivity contribution in [2.24, 2.45) is 0 Å². The summed E-state index contributed by atoms with van der Waals surface area (Å²) in [6, 6.07) is 6.76. The first-order valence-electron chi connectivity index (χ1n) is 12.5. The normalized spacial score (nSPS) is 17.8. The number of nitrogens with zero attached hydrogens (tertiary/aromatic N) is 7. The average molecular weight is 457 g/mol. The van der Waals surface area contributed by atoms with Crippen molar-refractivity contribution in [3.8, 4) is 0 Å². The van der Waals surface area contributed by atoms with Crippen LogP contribution in [0.4, 0.5) is 17.5 Å². The van der Waals surface area contributed by atoms with Gasteiger partial charge in [-0.15, -0.1) is 0 Å². The number of benzene rings is 1. The average Bonchev–Trinajstić information content (AvgIpc) is 3.54. The van der Waals surface area contributed by atoms with Crippen molar-refractivity contribution in [3.05, 3.63) is 42.4 Å². The Morgan fingerprint density at radius 2 is 1.76 bits per heavy atom. The maximum absolute atomic E-state index is 4.92. The molecule has 3 aromatic heterocycles. The first kappa shape index (κ1) is 21.3. The van der Waals surface area contributed by atoms with Gasteiger partial charge >= 0.3 is 0 Å². The fourth-order valence-electron chi connectivity index (χ4n) is 5.48. The molecule has 1 aliphatic heterocycles. The minimum Gasteiger partial charge on any atom is -0.368 e. The number of likely N-dealkylation sites (N-methyl/N-ethyl adjacent to an activating group) is 1. The molecule has 0 radical (unpaired) electrons. The topological polar surface area (TPSA) is 75.0 Å². The molecule has 6 rings (SSSR count). The zero-order valence-corrected chi connectivity index (χ0v) is 20.0. The standard InChI is InChI=1S/C26H32N8/c1-3-32-10-12-33(13-11-32)22-17-27-23(14-18(22)2)30-26-28-15-19-8-9-20-16-29-34(21-6-4-5-7-21)25(20)24(19)31-26/h8-9,14-17,21H,3-7,10-13H2,1-2H3,(H,27,28,30,31). The van der Waals surface area contributed by atoms with E-state index in [0.717, 1.165) is 60.3 Å². The van der Waals surface area contributed by atoms with Gasteiger partial charge in [-0.25, -0.2) is 15.0 Å². The summed E-state index contributed by atoms with van der Waals surface area (Å²) in [5.41, 5.74) is 4.48. The molecular weight excluding hydrogens is 424 g/mol. The van der Waals surface area contributed by atoms with E-state index in [4.69, 9.17) is 15.1 Å². The number of aryl methyl sites for hydroxylation is 1. The van der Waals surface area contributed by atoms with Crippen molar-refractivity contribution < 1.29 is 0 Å². The molecule has 8 heteroatoms. The minimum absolute atomic E-state index is 0.463. The Balaban J connectivity index is 1.28. The van der Waals surface area contributed by atoms with Crippen LogP contribution in [0.25, 0.3) is 21.8 Å². The van der Waals surface area contributed by atoms with E-state index in [1.165, 1.54) is 36.9 Å². The van der Waals surface area contributed by atoms with Crippen LogP contribution in [0.3, 0.4) is 0 Å². The molecule has 0 amide bonds. The number of aromatic nitrogens is 5. The Kier molecular flexibility index (Phi) is 5.53. The SMILES string of the molecule is CCN1CCN(c2cnc(Nc3ncc4ccc5cnn(C6CCCC6)c5c4n3)cc2C)CC1. The van der Waals surface area contributed by atoms with E-state index in [1.54, 1.807) is 0 Å². The number of hydrogen-bond acceptors (Lipinski definition) is 7. The van der Waals surface area contributed by atoms with E-state index in [9.17, 15) is 0 Å². The Morgan fingerprint density at radius 3 is 2.53 bits per heavy atom. The number of fused-ring (bicyclic) bond motifs is 3.